The van der Waals surface area contributed by atoms with Crippen LogP contribution in [0.5, 0.6) is 0 Å². The third-order valence-corrected chi connectivity index (χ3v) is 5.13. The SMILES string of the molecule is Cc1cc2nc(SCCOC(=O)c3cccc([N+](=O)[O-])c3)nc(C)c2cc1C. The van der Waals surface area contributed by atoms with Gasteiger partial charge in [-0.3, -0.25) is 10.1 Å². The van der Waals surface area contributed by atoms with Crippen molar-refractivity contribution in [1.82, 2.24) is 9.97 Å². The molecule has 1 aromatic heterocycles. The van der Waals surface area contributed by atoms with E-state index in [2.05, 4.69) is 23.0 Å². The maximum atomic E-state index is 12.0. The molecule has 3 aromatic rings. The summed E-state index contributed by atoms with van der Waals surface area (Å²) in [6, 6.07) is 9.62. The highest BCUT2D eigenvalue weighted by molar-refractivity contribution is 7.99. The number of hydrogen-bond donors (Lipinski definition) is 0. The van der Waals surface area contributed by atoms with Crippen LogP contribution in [0.15, 0.2) is 41.6 Å². The fraction of sp³-hybridized carbons (Fsp3) is 0.250. The van der Waals surface area contributed by atoms with E-state index < -0.39 is 10.9 Å². The zero-order chi connectivity index (χ0) is 20.3. The number of fused-ring (bicyclic) bond motifs is 1. The quantitative estimate of drug-likeness (QED) is 0.152. The Morgan fingerprint density at radius 2 is 1.89 bits per heavy atom. The van der Waals surface area contributed by atoms with Crippen molar-refractivity contribution in [2.24, 2.45) is 0 Å². The number of benzene rings is 2. The van der Waals surface area contributed by atoms with Crippen LogP contribution in [0.2, 0.25) is 0 Å². The monoisotopic (exact) mass is 397 g/mol. The fourth-order valence-corrected chi connectivity index (χ4v) is 3.39. The highest BCUT2D eigenvalue weighted by Gasteiger charge is 2.13. The lowest BCUT2D eigenvalue weighted by Gasteiger charge is -2.08. The molecule has 0 aliphatic rings. The molecule has 0 unspecified atom stereocenters. The number of aryl methyl sites for hydroxylation is 3. The van der Waals surface area contributed by atoms with Gasteiger partial charge in [-0.2, -0.15) is 0 Å². The number of nitro groups is 1. The molecule has 0 aliphatic heterocycles. The minimum Gasteiger partial charge on any atom is -0.461 e. The summed E-state index contributed by atoms with van der Waals surface area (Å²) < 4.78 is 5.20. The van der Waals surface area contributed by atoms with Crippen LogP contribution in [0.3, 0.4) is 0 Å². The highest BCUT2D eigenvalue weighted by atomic mass is 32.2. The molecule has 0 radical (unpaired) electrons. The lowest BCUT2D eigenvalue weighted by atomic mass is 10.1. The summed E-state index contributed by atoms with van der Waals surface area (Å²) in [4.78, 5) is 31.4. The summed E-state index contributed by atoms with van der Waals surface area (Å²) in [6.07, 6.45) is 0. The molecule has 0 spiro atoms. The van der Waals surface area contributed by atoms with Gasteiger partial charge in [0.1, 0.15) is 6.61 Å². The number of thioether (sulfide) groups is 1. The van der Waals surface area contributed by atoms with Gasteiger partial charge in [-0.1, -0.05) is 17.8 Å². The van der Waals surface area contributed by atoms with E-state index in [0.29, 0.717) is 10.9 Å². The number of ether oxygens (including phenoxy) is 1. The maximum Gasteiger partial charge on any atom is 0.338 e. The van der Waals surface area contributed by atoms with Crippen LogP contribution in [0.1, 0.15) is 27.2 Å². The van der Waals surface area contributed by atoms with Gasteiger partial charge < -0.3 is 4.74 Å². The molecule has 0 saturated heterocycles. The van der Waals surface area contributed by atoms with Gasteiger partial charge in [0.25, 0.3) is 5.69 Å². The summed E-state index contributed by atoms with van der Waals surface area (Å²) in [6.45, 7) is 6.21. The van der Waals surface area contributed by atoms with Gasteiger partial charge in [0.05, 0.1) is 16.0 Å². The largest absolute Gasteiger partial charge is 0.461 e. The topological polar surface area (TPSA) is 95.2 Å². The summed E-state index contributed by atoms with van der Waals surface area (Å²) in [5.74, 6) is -0.109. The Morgan fingerprint density at radius 1 is 1.14 bits per heavy atom. The number of carbonyl (C=O) groups excluding carboxylic acids is 1. The molecule has 28 heavy (non-hydrogen) atoms. The molecule has 0 aliphatic carbocycles. The van der Waals surface area contributed by atoms with Gasteiger partial charge in [-0.05, 0) is 50.1 Å². The molecule has 7 nitrogen and oxygen atoms in total. The second kappa shape index (κ2) is 8.35. The Hall–Kier alpha value is -3.00. The normalized spacial score (nSPS) is 10.8. The molecule has 8 heteroatoms. The Balaban J connectivity index is 1.61. The lowest BCUT2D eigenvalue weighted by Crippen LogP contribution is -2.08. The third-order valence-electron chi connectivity index (χ3n) is 4.32. The number of nitro benzene ring substituents is 1. The number of hydrogen-bond acceptors (Lipinski definition) is 7. The van der Waals surface area contributed by atoms with E-state index in [1.807, 2.05) is 19.9 Å². The number of non-ortho nitro benzene ring substituents is 1. The lowest BCUT2D eigenvalue weighted by molar-refractivity contribution is -0.384. The molecule has 0 N–H and O–H groups in total. The highest BCUT2D eigenvalue weighted by Crippen LogP contribution is 2.23. The van der Waals surface area contributed by atoms with Crippen LogP contribution >= 0.6 is 11.8 Å². The Bertz CT molecular complexity index is 1070. The smallest absolute Gasteiger partial charge is 0.338 e. The first-order valence-electron chi connectivity index (χ1n) is 8.65. The van der Waals surface area contributed by atoms with Crippen LogP contribution in [0.4, 0.5) is 5.69 Å². The number of aromatic nitrogens is 2. The third kappa shape index (κ3) is 4.45. The van der Waals surface area contributed by atoms with Gasteiger partial charge >= 0.3 is 5.97 Å². The van der Waals surface area contributed by atoms with Crippen LogP contribution in [0, 0.1) is 30.9 Å². The molecular formula is C20H19N3O4S. The first kappa shape index (κ1) is 19.8. The second-order valence-electron chi connectivity index (χ2n) is 6.34. The van der Waals surface area contributed by atoms with Crippen molar-refractivity contribution in [3.05, 3.63) is 68.9 Å². The molecule has 0 bridgehead atoms. The number of rotatable bonds is 6. The van der Waals surface area contributed by atoms with E-state index in [0.717, 1.165) is 16.6 Å². The van der Waals surface area contributed by atoms with Gasteiger partial charge in [0.2, 0.25) is 0 Å². The standard InChI is InChI=1S/C20H19N3O4S/c1-12-9-17-14(3)21-20(22-18(17)10-13(12)2)28-8-7-27-19(24)15-5-4-6-16(11-15)23(25)26/h4-6,9-11H,7-8H2,1-3H3. The predicted molar refractivity (Wildman–Crippen MR) is 108 cm³/mol. The van der Waals surface area contributed by atoms with Crippen LogP contribution in [-0.2, 0) is 4.74 Å². The maximum absolute atomic E-state index is 12.0. The number of nitrogens with zero attached hydrogens (tertiary/aromatic N) is 3. The molecule has 1 heterocycles. The average Bonchev–Trinajstić information content (AvgIpc) is 2.67. The summed E-state index contributed by atoms with van der Waals surface area (Å²) in [7, 11) is 0. The van der Waals surface area contributed by atoms with E-state index in [9.17, 15) is 14.9 Å². The van der Waals surface area contributed by atoms with Crippen molar-refractivity contribution in [2.75, 3.05) is 12.4 Å². The van der Waals surface area contributed by atoms with Crippen molar-refractivity contribution in [3.8, 4) is 0 Å². The molecule has 0 amide bonds. The van der Waals surface area contributed by atoms with Crippen molar-refractivity contribution >= 4 is 34.3 Å². The van der Waals surface area contributed by atoms with Gasteiger partial charge in [-0.15, -0.1) is 0 Å². The predicted octanol–water partition coefficient (Wildman–Crippen LogP) is 4.41. The molecule has 2 aromatic carbocycles. The Kier molecular flexibility index (Phi) is 5.89. The van der Waals surface area contributed by atoms with Gasteiger partial charge in [0.15, 0.2) is 5.16 Å². The average molecular weight is 397 g/mol. The molecule has 0 saturated carbocycles. The van der Waals surface area contributed by atoms with E-state index in [1.54, 1.807) is 0 Å². The van der Waals surface area contributed by atoms with Crippen LogP contribution in [0.25, 0.3) is 10.9 Å². The van der Waals surface area contributed by atoms with Crippen molar-refractivity contribution in [3.63, 3.8) is 0 Å². The summed E-state index contributed by atoms with van der Waals surface area (Å²) in [5, 5.41) is 12.4. The molecule has 0 atom stereocenters. The van der Waals surface area contributed by atoms with Gasteiger partial charge in [0, 0.05) is 29.0 Å². The fourth-order valence-electron chi connectivity index (χ4n) is 2.68. The zero-order valence-corrected chi connectivity index (χ0v) is 16.6. The second-order valence-corrected chi connectivity index (χ2v) is 7.40. The molecule has 144 valence electrons. The minimum absolute atomic E-state index is 0.144. The molecular weight excluding hydrogens is 378 g/mol. The van der Waals surface area contributed by atoms with Crippen molar-refractivity contribution in [2.45, 2.75) is 25.9 Å². The van der Waals surface area contributed by atoms with E-state index >= 15 is 0 Å². The first-order chi connectivity index (χ1) is 13.3. The zero-order valence-electron chi connectivity index (χ0n) is 15.8. The molecule has 3 rings (SSSR count). The summed E-state index contributed by atoms with van der Waals surface area (Å²) >= 11 is 1.40. The van der Waals surface area contributed by atoms with E-state index in [-0.39, 0.29) is 17.9 Å². The van der Waals surface area contributed by atoms with Crippen molar-refractivity contribution in [1.29, 1.82) is 0 Å². The van der Waals surface area contributed by atoms with Gasteiger partial charge in [-0.25, -0.2) is 14.8 Å². The number of esters is 1. The Morgan fingerprint density at radius 3 is 2.64 bits per heavy atom. The van der Waals surface area contributed by atoms with Crippen LogP contribution in [-0.4, -0.2) is 33.2 Å². The van der Waals surface area contributed by atoms with E-state index in [4.69, 9.17) is 4.74 Å². The van der Waals surface area contributed by atoms with Crippen LogP contribution < -0.4 is 0 Å². The molecule has 0 fully saturated rings. The first-order valence-corrected chi connectivity index (χ1v) is 9.63. The summed E-state index contributed by atoms with van der Waals surface area (Å²) in [5.41, 5.74) is 4.19. The van der Waals surface area contributed by atoms with Crippen molar-refractivity contribution < 1.29 is 14.5 Å². The van der Waals surface area contributed by atoms with E-state index in [1.165, 1.54) is 47.2 Å². The minimum atomic E-state index is -0.592. The Labute approximate surface area is 166 Å². The number of carbonyl (C=O) groups is 1.